The van der Waals surface area contributed by atoms with Gasteiger partial charge in [-0.1, -0.05) is 13.8 Å². The molecule has 0 spiro atoms. The fourth-order valence-corrected chi connectivity index (χ4v) is 2.14. The number of hydrogen-bond donors (Lipinski definition) is 1. The Labute approximate surface area is 88.6 Å². The summed E-state index contributed by atoms with van der Waals surface area (Å²) in [5, 5.41) is 0. The molecule has 0 aliphatic carbocycles. The molecule has 0 amide bonds. The topological polar surface area (TPSA) is 38.5 Å². The number of nitrogens with zero attached hydrogens (tertiary/aromatic N) is 1. The first-order chi connectivity index (χ1) is 6.55. The van der Waals surface area contributed by atoms with Crippen molar-refractivity contribution < 1.29 is 4.74 Å². The second-order valence-electron chi connectivity index (χ2n) is 3.97. The molecular formula is C11H26N2O. The van der Waals surface area contributed by atoms with E-state index in [1.165, 1.54) is 0 Å². The standard InChI is InChI=1S/C11H26N2O/c1-6-11(7-2,13(4)5)10(12)9-14-8-3/h10H,6-9,12H2,1-5H3. The molecule has 86 valence electrons. The zero-order chi connectivity index (χ0) is 11.2. The fourth-order valence-electron chi connectivity index (χ4n) is 2.14. The van der Waals surface area contributed by atoms with Crippen LogP contribution in [-0.2, 0) is 4.74 Å². The van der Waals surface area contributed by atoms with Gasteiger partial charge < -0.3 is 15.4 Å². The molecule has 0 aliphatic heterocycles. The number of nitrogens with two attached hydrogens (primary N) is 1. The molecule has 0 aromatic rings. The van der Waals surface area contributed by atoms with Crippen molar-refractivity contribution in [2.45, 2.75) is 45.2 Å². The van der Waals surface area contributed by atoms with Crippen molar-refractivity contribution in [3.05, 3.63) is 0 Å². The predicted molar refractivity (Wildman–Crippen MR) is 61.5 cm³/mol. The smallest absolute Gasteiger partial charge is 0.0635 e. The van der Waals surface area contributed by atoms with E-state index in [0.29, 0.717) is 6.61 Å². The minimum atomic E-state index is 0.0785. The van der Waals surface area contributed by atoms with Gasteiger partial charge >= 0.3 is 0 Å². The van der Waals surface area contributed by atoms with Crippen LogP contribution in [0.25, 0.3) is 0 Å². The number of ether oxygens (including phenoxy) is 1. The van der Waals surface area contributed by atoms with Crippen LogP contribution in [0.15, 0.2) is 0 Å². The van der Waals surface area contributed by atoms with Gasteiger partial charge in [0.1, 0.15) is 0 Å². The molecule has 0 rings (SSSR count). The van der Waals surface area contributed by atoms with E-state index in [4.69, 9.17) is 10.5 Å². The van der Waals surface area contributed by atoms with Crippen LogP contribution in [0.4, 0.5) is 0 Å². The summed E-state index contributed by atoms with van der Waals surface area (Å²) in [6.07, 6.45) is 2.12. The molecule has 0 bridgehead atoms. The van der Waals surface area contributed by atoms with E-state index in [2.05, 4.69) is 32.8 Å². The van der Waals surface area contributed by atoms with E-state index in [1.807, 2.05) is 6.92 Å². The summed E-state index contributed by atoms with van der Waals surface area (Å²) >= 11 is 0. The van der Waals surface area contributed by atoms with Crippen molar-refractivity contribution >= 4 is 0 Å². The molecule has 0 radical (unpaired) electrons. The van der Waals surface area contributed by atoms with Gasteiger partial charge in [-0.15, -0.1) is 0 Å². The third-order valence-corrected chi connectivity index (χ3v) is 3.31. The largest absolute Gasteiger partial charge is 0.380 e. The first-order valence-electron chi connectivity index (χ1n) is 5.55. The van der Waals surface area contributed by atoms with Crippen molar-refractivity contribution in [1.82, 2.24) is 4.90 Å². The number of likely N-dealkylation sites (N-methyl/N-ethyl adjacent to an activating group) is 1. The normalized spacial score (nSPS) is 14.8. The van der Waals surface area contributed by atoms with Crippen LogP contribution in [-0.4, -0.2) is 43.8 Å². The third kappa shape index (κ3) is 2.94. The van der Waals surface area contributed by atoms with Crippen molar-refractivity contribution in [3.63, 3.8) is 0 Å². The van der Waals surface area contributed by atoms with Crippen LogP contribution in [0, 0.1) is 0 Å². The highest BCUT2D eigenvalue weighted by atomic mass is 16.5. The van der Waals surface area contributed by atoms with E-state index in [-0.39, 0.29) is 11.6 Å². The zero-order valence-corrected chi connectivity index (χ0v) is 10.3. The molecule has 0 fully saturated rings. The molecule has 3 nitrogen and oxygen atoms in total. The van der Waals surface area contributed by atoms with Crippen molar-refractivity contribution in [2.24, 2.45) is 5.73 Å². The SMILES string of the molecule is CCOCC(N)C(CC)(CC)N(C)C. The fraction of sp³-hybridized carbons (Fsp3) is 1.00. The first kappa shape index (κ1) is 13.9. The van der Waals surface area contributed by atoms with Crippen LogP contribution in [0.3, 0.4) is 0 Å². The van der Waals surface area contributed by atoms with Gasteiger partial charge in [0.2, 0.25) is 0 Å². The Morgan fingerprint density at radius 3 is 2.00 bits per heavy atom. The maximum atomic E-state index is 6.19. The van der Waals surface area contributed by atoms with Crippen LogP contribution >= 0.6 is 0 Å². The molecule has 3 heteroatoms. The Morgan fingerprint density at radius 1 is 1.21 bits per heavy atom. The number of rotatable bonds is 7. The summed E-state index contributed by atoms with van der Waals surface area (Å²) < 4.78 is 5.40. The van der Waals surface area contributed by atoms with E-state index in [1.54, 1.807) is 0 Å². The van der Waals surface area contributed by atoms with Crippen LogP contribution in [0.2, 0.25) is 0 Å². The Hall–Kier alpha value is -0.120. The predicted octanol–water partition coefficient (Wildman–Crippen LogP) is 1.47. The highest BCUT2D eigenvalue weighted by Gasteiger charge is 2.35. The van der Waals surface area contributed by atoms with Crippen molar-refractivity contribution in [2.75, 3.05) is 27.3 Å². The third-order valence-electron chi connectivity index (χ3n) is 3.31. The van der Waals surface area contributed by atoms with Crippen LogP contribution < -0.4 is 5.73 Å². The van der Waals surface area contributed by atoms with Crippen LogP contribution in [0.1, 0.15) is 33.6 Å². The molecule has 0 heterocycles. The Bertz CT molecular complexity index is 144. The molecule has 2 N–H and O–H groups in total. The lowest BCUT2D eigenvalue weighted by atomic mass is 9.84. The Morgan fingerprint density at radius 2 is 1.71 bits per heavy atom. The van der Waals surface area contributed by atoms with Gasteiger partial charge in [-0.05, 0) is 33.9 Å². The molecule has 0 aromatic carbocycles. The average Bonchev–Trinajstić information content (AvgIpc) is 2.17. The average molecular weight is 202 g/mol. The van der Waals surface area contributed by atoms with E-state index < -0.39 is 0 Å². The van der Waals surface area contributed by atoms with Gasteiger partial charge in [-0.3, -0.25) is 0 Å². The highest BCUT2D eigenvalue weighted by Crippen LogP contribution is 2.24. The van der Waals surface area contributed by atoms with Gasteiger partial charge in [0.15, 0.2) is 0 Å². The summed E-state index contributed by atoms with van der Waals surface area (Å²) in [6, 6.07) is 0.0902. The Kier molecular flexibility index (Phi) is 6.33. The first-order valence-corrected chi connectivity index (χ1v) is 5.55. The summed E-state index contributed by atoms with van der Waals surface area (Å²) in [7, 11) is 4.19. The molecule has 0 saturated heterocycles. The van der Waals surface area contributed by atoms with E-state index in [0.717, 1.165) is 19.4 Å². The second-order valence-corrected chi connectivity index (χ2v) is 3.97. The maximum Gasteiger partial charge on any atom is 0.0635 e. The van der Waals surface area contributed by atoms with Gasteiger partial charge in [0, 0.05) is 18.2 Å². The Balaban J connectivity index is 4.45. The molecular weight excluding hydrogens is 176 g/mol. The molecule has 0 aliphatic rings. The lowest BCUT2D eigenvalue weighted by Gasteiger charge is -2.43. The van der Waals surface area contributed by atoms with Crippen molar-refractivity contribution in [1.29, 1.82) is 0 Å². The van der Waals surface area contributed by atoms with E-state index >= 15 is 0 Å². The lowest BCUT2D eigenvalue weighted by molar-refractivity contribution is 0.0439. The van der Waals surface area contributed by atoms with Crippen molar-refractivity contribution in [3.8, 4) is 0 Å². The summed E-state index contributed by atoms with van der Waals surface area (Å²) in [5.74, 6) is 0. The van der Waals surface area contributed by atoms with E-state index in [9.17, 15) is 0 Å². The van der Waals surface area contributed by atoms with Crippen LogP contribution in [0.5, 0.6) is 0 Å². The monoisotopic (exact) mass is 202 g/mol. The lowest BCUT2D eigenvalue weighted by Crippen LogP contribution is -2.58. The highest BCUT2D eigenvalue weighted by molar-refractivity contribution is 4.95. The summed E-state index contributed by atoms with van der Waals surface area (Å²) in [6.45, 7) is 7.77. The summed E-state index contributed by atoms with van der Waals surface area (Å²) in [5.41, 5.74) is 6.27. The zero-order valence-electron chi connectivity index (χ0n) is 10.3. The maximum absolute atomic E-state index is 6.19. The molecule has 0 saturated carbocycles. The minimum Gasteiger partial charge on any atom is -0.380 e. The quantitative estimate of drug-likeness (QED) is 0.679. The van der Waals surface area contributed by atoms with Gasteiger partial charge in [0.25, 0.3) is 0 Å². The van der Waals surface area contributed by atoms with Gasteiger partial charge in [-0.25, -0.2) is 0 Å². The van der Waals surface area contributed by atoms with Gasteiger partial charge in [0.05, 0.1) is 6.61 Å². The molecule has 0 aromatic heterocycles. The molecule has 1 atom stereocenters. The summed E-state index contributed by atoms with van der Waals surface area (Å²) in [4.78, 5) is 2.23. The minimum absolute atomic E-state index is 0.0785. The molecule has 14 heavy (non-hydrogen) atoms. The second kappa shape index (κ2) is 6.38. The number of hydrogen-bond acceptors (Lipinski definition) is 3. The molecule has 1 unspecified atom stereocenters. The van der Waals surface area contributed by atoms with Gasteiger partial charge in [-0.2, -0.15) is 0 Å².